The smallest absolute Gasteiger partial charge is 0.282 e. The van der Waals surface area contributed by atoms with Crippen LogP contribution in [-0.2, 0) is 0 Å². The molecule has 10 heteroatoms. The predicted octanol–water partition coefficient (Wildman–Crippen LogP) is 3.37. The molecule has 27 heavy (non-hydrogen) atoms. The molecule has 0 bridgehead atoms. The van der Waals surface area contributed by atoms with Crippen LogP contribution in [-0.4, -0.2) is 32.2 Å². The molecule has 0 aliphatic rings. The van der Waals surface area contributed by atoms with E-state index in [9.17, 15) is 4.39 Å². The maximum absolute atomic E-state index is 13.0. The lowest BCUT2D eigenvalue weighted by atomic mass is 10.2. The van der Waals surface area contributed by atoms with Crippen LogP contribution < -0.4 is 10.5 Å². The number of methoxy groups -OCH3 is 1. The number of hydrogen-bond acceptors (Lipinski definition) is 7. The number of anilines is 1. The summed E-state index contributed by atoms with van der Waals surface area (Å²) in [5.41, 5.74) is 7.56. The van der Waals surface area contributed by atoms with Gasteiger partial charge in [0.1, 0.15) is 11.6 Å². The van der Waals surface area contributed by atoms with Crippen LogP contribution >= 0.6 is 11.6 Å². The number of nitrogens with zero attached hydrogens (tertiary/aromatic N) is 5. The Labute approximate surface area is 157 Å². The third kappa shape index (κ3) is 3.08. The lowest BCUT2D eigenvalue weighted by molar-refractivity contribution is 0.415. The minimum atomic E-state index is -0.354. The van der Waals surface area contributed by atoms with Gasteiger partial charge in [0.05, 0.1) is 17.8 Å². The zero-order chi connectivity index (χ0) is 19.0. The summed E-state index contributed by atoms with van der Waals surface area (Å²) < 4.78 is 24.8. The molecule has 4 rings (SSSR count). The third-order valence-corrected chi connectivity index (χ3v) is 4.11. The molecule has 0 atom stereocenters. The van der Waals surface area contributed by atoms with E-state index >= 15 is 0 Å². The van der Waals surface area contributed by atoms with Gasteiger partial charge in [0, 0.05) is 5.56 Å². The quantitative estimate of drug-likeness (QED) is 0.573. The van der Waals surface area contributed by atoms with Gasteiger partial charge in [-0.3, -0.25) is 0 Å². The van der Waals surface area contributed by atoms with Crippen LogP contribution in [0.2, 0.25) is 5.02 Å². The van der Waals surface area contributed by atoms with Crippen LogP contribution in [0.5, 0.6) is 5.75 Å². The lowest BCUT2D eigenvalue weighted by Crippen LogP contribution is -2.02. The van der Waals surface area contributed by atoms with Gasteiger partial charge in [-0.05, 0) is 42.5 Å². The summed E-state index contributed by atoms with van der Waals surface area (Å²) in [4.78, 5) is 4.25. The van der Waals surface area contributed by atoms with Crippen molar-refractivity contribution < 1.29 is 13.7 Å². The van der Waals surface area contributed by atoms with Crippen molar-refractivity contribution in [1.29, 1.82) is 0 Å². The normalized spacial score (nSPS) is 10.9. The van der Waals surface area contributed by atoms with E-state index in [0.717, 1.165) is 0 Å². The molecule has 0 fully saturated rings. The minimum absolute atomic E-state index is 0.0951. The topological polar surface area (TPSA) is 105 Å². The SMILES string of the molecule is COc1ccc(-n2nnc(-c3nc(-c4ccc(F)cc4)no3)c2N)cc1Cl. The van der Waals surface area contributed by atoms with Crippen LogP contribution in [0.4, 0.5) is 10.2 Å². The zero-order valence-corrected chi connectivity index (χ0v) is 14.7. The molecular weight excluding hydrogens is 375 g/mol. The van der Waals surface area contributed by atoms with Crippen molar-refractivity contribution in [1.82, 2.24) is 25.1 Å². The molecule has 4 aromatic rings. The summed E-state index contributed by atoms with van der Waals surface area (Å²) in [7, 11) is 1.52. The maximum atomic E-state index is 13.0. The highest BCUT2D eigenvalue weighted by Gasteiger charge is 2.20. The van der Waals surface area contributed by atoms with E-state index in [0.29, 0.717) is 22.0 Å². The average Bonchev–Trinajstić information content (AvgIpc) is 3.29. The highest BCUT2D eigenvalue weighted by atomic mass is 35.5. The molecule has 8 nitrogen and oxygen atoms in total. The molecule has 0 aliphatic carbocycles. The first-order chi connectivity index (χ1) is 13.1. The molecule has 2 aromatic heterocycles. The number of ether oxygens (including phenoxy) is 1. The largest absolute Gasteiger partial charge is 0.495 e. The van der Waals surface area contributed by atoms with Gasteiger partial charge < -0.3 is 15.0 Å². The fourth-order valence-electron chi connectivity index (χ4n) is 2.46. The monoisotopic (exact) mass is 386 g/mol. The van der Waals surface area contributed by atoms with Gasteiger partial charge >= 0.3 is 0 Å². The summed E-state index contributed by atoms with van der Waals surface area (Å²) in [6.45, 7) is 0. The molecule has 0 saturated carbocycles. The summed E-state index contributed by atoms with van der Waals surface area (Å²) in [6.07, 6.45) is 0. The van der Waals surface area contributed by atoms with Crippen molar-refractivity contribution in [3.05, 3.63) is 53.3 Å². The first kappa shape index (κ1) is 17.0. The Balaban J connectivity index is 1.68. The summed E-state index contributed by atoms with van der Waals surface area (Å²) in [5.74, 6) is 0.752. The first-order valence-corrected chi connectivity index (χ1v) is 8.09. The van der Waals surface area contributed by atoms with Gasteiger partial charge in [0.15, 0.2) is 11.5 Å². The van der Waals surface area contributed by atoms with Gasteiger partial charge in [0.25, 0.3) is 5.89 Å². The average molecular weight is 387 g/mol. The maximum Gasteiger partial charge on any atom is 0.282 e. The highest BCUT2D eigenvalue weighted by molar-refractivity contribution is 6.32. The Morgan fingerprint density at radius 2 is 1.96 bits per heavy atom. The van der Waals surface area contributed by atoms with Crippen LogP contribution in [0.15, 0.2) is 47.0 Å². The fraction of sp³-hybridized carbons (Fsp3) is 0.0588. The van der Waals surface area contributed by atoms with Crippen LogP contribution in [0.1, 0.15) is 0 Å². The molecule has 2 aromatic carbocycles. The Bertz CT molecular complexity index is 1110. The molecule has 136 valence electrons. The fourth-order valence-corrected chi connectivity index (χ4v) is 2.71. The Morgan fingerprint density at radius 3 is 2.67 bits per heavy atom. The van der Waals surface area contributed by atoms with Crippen LogP contribution in [0.3, 0.4) is 0 Å². The minimum Gasteiger partial charge on any atom is -0.495 e. The lowest BCUT2D eigenvalue weighted by Gasteiger charge is -2.06. The number of rotatable bonds is 4. The number of nitrogen functional groups attached to an aromatic ring is 1. The molecule has 2 N–H and O–H groups in total. The van der Waals surface area contributed by atoms with Gasteiger partial charge in [-0.15, -0.1) is 5.10 Å². The Kier molecular flexibility index (Phi) is 4.21. The van der Waals surface area contributed by atoms with Crippen LogP contribution in [0.25, 0.3) is 28.7 Å². The standard InChI is InChI=1S/C17H12ClFN6O2/c1-26-13-7-6-11(8-12(13)18)25-15(20)14(22-24-25)17-21-16(23-27-17)9-2-4-10(19)5-3-9/h2-8H,20H2,1H3. The molecule has 0 aliphatic heterocycles. The Hall–Kier alpha value is -3.46. The number of halogens is 2. The zero-order valence-electron chi connectivity index (χ0n) is 13.9. The molecule has 0 spiro atoms. The second kappa shape index (κ2) is 6.69. The predicted molar refractivity (Wildman–Crippen MR) is 96.0 cm³/mol. The second-order valence-electron chi connectivity index (χ2n) is 5.48. The van der Waals surface area contributed by atoms with E-state index in [1.165, 1.54) is 23.9 Å². The number of benzene rings is 2. The Morgan fingerprint density at radius 1 is 1.19 bits per heavy atom. The van der Waals surface area contributed by atoms with Gasteiger partial charge in [-0.25, -0.2) is 4.39 Å². The van der Waals surface area contributed by atoms with E-state index in [-0.39, 0.29) is 29.0 Å². The molecule has 0 amide bonds. The summed E-state index contributed by atoms with van der Waals surface area (Å²) in [6, 6.07) is 10.8. The number of nitrogens with two attached hydrogens (primary N) is 1. The second-order valence-corrected chi connectivity index (χ2v) is 5.89. The van der Waals surface area contributed by atoms with Gasteiger partial charge in [0.2, 0.25) is 5.82 Å². The molecule has 0 unspecified atom stereocenters. The van der Waals surface area contributed by atoms with Crippen molar-refractivity contribution in [2.75, 3.05) is 12.8 Å². The van der Waals surface area contributed by atoms with E-state index < -0.39 is 0 Å². The van der Waals surface area contributed by atoms with E-state index in [2.05, 4.69) is 20.5 Å². The van der Waals surface area contributed by atoms with Crippen LogP contribution in [0, 0.1) is 5.82 Å². The molecule has 2 heterocycles. The van der Waals surface area contributed by atoms with Crippen molar-refractivity contribution in [2.24, 2.45) is 0 Å². The number of aromatic nitrogens is 5. The van der Waals surface area contributed by atoms with Crippen molar-refractivity contribution in [3.63, 3.8) is 0 Å². The molecule has 0 radical (unpaired) electrons. The van der Waals surface area contributed by atoms with Crippen molar-refractivity contribution >= 4 is 17.4 Å². The van der Waals surface area contributed by atoms with Crippen molar-refractivity contribution in [2.45, 2.75) is 0 Å². The summed E-state index contributed by atoms with van der Waals surface area (Å²) >= 11 is 6.14. The van der Waals surface area contributed by atoms with Crippen molar-refractivity contribution in [3.8, 4) is 34.4 Å². The first-order valence-electron chi connectivity index (χ1n) is 7.72. The summed E-state index contributed by atoms with van der Waals surface area (Å²) in [5, 5.41) is 12.3. The number of hydrogen-bond donors (Lipinski definition) is 1. The molecule has 0 saturated heterocycles. The van der Waals surface area contributed by atoms with E-state index in [1.807, 2.05) is 0 Å². The van der Waals surface area contributed by atoms with Gasteiger partial charge in [-0.1, -0.05) is 22.0 Å². The molecular formula is C17H12ClFN6O2. The van der Waals surface area contributed by atoms with E-state index in [4.69, 9.17) is 26.6 Å². The third-order valence-electron chi connectivity index (χ3n) is 3.82. The van der Waals surface area contributed by atoms with E-state index in [1.54, 1.807) is 30.3 Å². The highest BCUT2D eigenvalue weighted by Crippen LogP contribution is 2.30. The van der Waals surface area contributed by atoms with Gasteiger partial charge in [-0.2, -0.15) is 9.67 Å².